The maximum absolute atomic E-state index is 14.9. The first-order chi connectivity index (χ1) is 17.5. The maximum atomic E-state index is 14.9. The fraction of sp³-hybridized carbons (Fsp3) is 0.273. The van der Waals surface area contributed by atoms with Gasteiger partial charge in [-0.1, -0.05) is 0 Å². The molecule has 0 radical (unpaired) electrons. The zero-order chi connectivity index (χ0) is 27.1. The number of nitrogens with one attached hydrogen (secondary N) is 3. The molecule has 2 aromatic heterocycles. The molecule has 1 aliphatic heterocycles. The van der Waals surface area contributed by atoms with E-state index in [1.54, 1.807) is 26.0 Å². The number of rotatable bonds is 7. The molecule has 9 N–H and O–H groups in total. The number of carbonyl (C=O) groups excluding carboxylic acids is 1. The number of fused-ring (bicyclic) bond motifs is 1. The second-order valence-corrected chi connectivity index (χ2v) is 8.29. The summed E-state index contributed by atoms with van der Waals surface area (Å²) in [6.07, 6.45) is 0. The van der Waals surface area contributed by atoms with E-state index in [4.69, 9.17) is 36.1 Å². The molecule has 14 nitrogen and oxygen atoms in total. The van der Waals surface area contributed by atoms with E-state index >= 15 is 0 Å². The zero-order valence-electron chi connectivity index (χ0n) is 20.6. The van der Waals surface area contributed by atoms with Gasteiger partial charge >= 0.3 is 0 Å². The number of carbonyl (C=O) groups is 1. The minimum Gasteiger partial charge on any atom is -0.493 e. The lowest BCUT2D eigenvalue weighted by Gasteiger charge is -2.32. The van der Waals surface area contributed by atoms with Gasteiger partial charge in [-0.15, -0.1) is 0 Å². The molecule has 4 rings (SSSR count). The molecule has 0 saturated heterocycles. The highest BCUT2D eigenvalue weighted by atomic mass is 19.1. The Morgan fingerprint density at radius 2 is 1.59 bits per heavy atom. The van der Waals surface area contributed by atoms with E-state index in [2.05, 4.69) is 30.9 Å². The molecule has 196 valence electrons. The standard InChI is InChI=1S/C22H26FN9O5/c1-22(2)20(33)31-19-15(37-22)12(24)13(25)18(30-19)29-17-11(23)16(26)28-21(32-17)27-8-6-9(34-3)14(36-5)10(7-8)35-4/h6-7H,25H2,1-5H3,(H7,24,26,27,28,29,30,31,32,33). The van der Waals surface area contributed by atoms with Crippen LogP contribution in [0.2, 0.25) is 0 Å². The van der Waals surface area contributed by atoms with Crippen molar-refractivity contribution in [3.8, 4) is 23.0 Å². The van der Waals surface area contributed by atoms with E-state index in [9.17, 15) is 9.18 Å². The lowest BCUT2D eigenvalue weighted by atomic mass is 10.1. The van der Waals surface area contributed by atoms with Gasteiger partial charge < -0.3 is 52.1 Å². The van der Waals surface area contributed by atoms with Crippen molar-refractivity contribution in [1.29, 1.82) is 0 Å². The van der Waals surface area contributed by atoms with Crippen molar-refractivity contribution >= 4 is 52.2 Å². The molecule has 0 aliphatic carbocycles. The fourth-order valence-corrected chi connectivity index (χ4v) is 3.44. The number of pyridine rings is 1. The number of anilines is 8. The van der Waals surface area contributed by atoms with Gasteiger partial charge in [0.05, 0.1) is 21.3 Å². The topological polar surface area (TPSA) is 207 Å². The van der Waals surface area contributed by atoms with Gasteiger partial charge in [0, 0.05) is 17.8 Å². The molecule has 0 spiro atoms. The van der Waals surface area contributed by atoms with Crippen LogP contribution in [0.3, 0.4) is 0 Å². The smallest absolute Gasteiger partial charge is 0.269 e. The van der Waals surface area contributed by atoms with Crippen molar-refractivity contribution in [3.63, 3.8) is 0 Å². The Morgan fingerprint density at radius 1 is 0.946 bits per heavy atom. The molecule has 37 heavy (non-hydrogen) atoms. The van der Waals surface area contributed by atoms with Gasteiger partial charge in [0.2, 0.25) is 17.5 Å². The third-order valence-electron chi connectivity index (χ3n) is 5.40. The molecule has 0 fully saturated rings. The van der Waals surface area contributed by atoms with Gasteiger partial charge in [-0.2, -0.15) is 14.4 Å². The molecular formula is C22H26FN9O5. The Kier molecular flexibility index (Phi) is 6.29. The summed E-state index contributed by atoms with van der Waals surface area (Å²) in [6.45, 7) is 3.13. The average molecular weight is 516 g/mol. The van der Waals surface area contributed by atoms with E-state index in [-0.39, 0.29) is 40.5 Å². The van der Waals surface area contributed by atoms with Crippen LogP contribution < -0.4 is 52.1 Å². The third-order valence-corrected chi connectivity index (χ3v) is 5.40. The quantitative estimate of drug-likeness (QED) is 0.267. The number of ether oxygens (including phenoxy) is 4. The highest BCUT2D eigenvalue weighted by Gasteiger charge is 2.38. The predicted octanol–water partition coefficient (Wildman–Crippen LogP) is 2.38. The summed E-state index contributed by atoms with van der Waals surface area (Å²) in [7, 11) is 4.40. The number of benzene rings is 1. The molecule has 1 aromatic carbocycles. The summed E-state index contributed by atoms with van der Waals surface area (Å²) in [4.78, 5) is 24.6. The van der Waals surface area contributed by atoms with Gasteiger partial charge in [0.1, 0.15) is 11.4 Å². The van der Waals surface area contributed by atoms with Crippen LogP contribution in [-0.2, 0) is 4.79 Å². The monoisotopic (exact) mass is 515 g/mol. The van der Waals surface area contributed by atoms with Crippen molar-refractivity contribution < 1.29 is 28.1 Å². The van der Waals surface area contributed by atoms with Crippen LogP contribution in [0.5, 0.6) is 23.0 Å². The molecule has 3 aromatic rings. The van der Waals surface area contributed by atoms with Gasteiger partial charge in [0.15, 0.2) is 46.1 Å². The zero-order valence-corrected chi connectivity index (χ0v) is 20.6. The molecule has 1 aliphatic rings. The van der Waals surface area contributed by atoms with Crippen LogP contribution in [0.15, 0.2) is 12.1 Å². The number of amides is 1. The summed E-state index contributed by atoms with van der Waals surface area (Å²) in [5, 5.41) is 8.17. The first-order valence-electron chi connectivity index (χ1n) is 10.8. The minimum atomic E-state index is -1.19. The number of aromatic nitrogens is 3. The SMILES string of the molecule is COc1cc(Nc2nc(N)c(F)c(Nc3nc4c(c(N)c3N)OC(C)(C)C(=O)N4)n2)cc(OC)c1OC. The molecule has 1 amide bonds. The van der Waals surface area contributed by atoms with E-state index in [0.29, 0.717) is 22.9 Å². The first-order valence-corrected chi connectivity index (χ1v) is 10.8. The Labute approximate surface area is 210 Å². The molecule has 0 saturated carbocycles. The molecule has 3 heterocycles. The number of nitrogens with two attached hydrogens (primary N) is 3. The van der Waals surface area contributed by atoms with Gasteiger partial charge in [0.25, 0.3) is 5.91 Å². The van der Waals surface area contributed by atoms with E-state index in [1.807, 2.05) is 0 Å². The number of nitrogen functional groups attached to an aromatic ring is 3. The molecule has 15 heteroatoms. The molecule has 0 unspecified atom stereocenters. The van der Waals surface area contributed by atoms with Crippen molar-refractivity contribution in [2.24, 2.45) is 0 Å². The van der Waals surface area contributed by atoms with E-state index in [1.165, 1.54) is 21.3 Å². The van der Waals surface area contributed by atoms with Crippen LogP contribution in [0.4, 0.5) is 50.7 Å². The van der Waals surface area contributed by atoms with E-state index < -0.39 is 23.1 Å². The highest BCUT2D eigenvalue weighted by Crippen LogP contribution is 2.44. The number of hydrogen-bond acceptors (Lipinski definition) is 13. The lowest BCUT2D eigenvalue weighted by molar-refractivity contribution is -0.129. The molecular weight excluding hydrogens is 489 g/mol. The van der Waals surface area contributed by atoms with Crippen LogP contribution in [-0.4, -0.2) is 47.8 Å². The lowest BCUT2D eigenvalue weighted by Crippen LogP contribution is -2.46. The number of halogens is 1. The van der Waals surface area contributed by atoms with E-state index in [0.717, 1.165) is 0 Å². The van der Waals surface area contributed by atoms with Crippen LogP contribution in [0.25, 0.3) is 0 Å². The molecule has 0 atom stereocenters. The highest BCUT2D eigenvalue weighted by molar-refractivity contribution is 6.02. The summed E-state index contributed by atoms with van der Waals surface area (Å²) in [5.74, 6) is -1.17. The van der Waals surface area contributed by atoms with Gasteiger partial charge in [-0.3, -0.25) is 4.79 Å². The van der Waals surface area contributed by atoms with Gasteiger partial charge in [-0.05, 0) is 13.8 Å². The van der Waals surface area contributed by atoms with Crippen molar-refractivity contribution in [1.82, 2.24) is 15.0 Å². The van der Waals surface area contributed by atoms with Crippen molar-refractivity contribution in [3.05, 3.63) is 17.9 Å². The molecule has 0 bridgehead atoms. The fourth-order valence-electron chi connectivity index (χ4n) is 3.44. The van der Waals surface area contributed by atoms with Gasteiger partial charge in [-0.25, -0.2) is 4.98 Å². The van der Waals surface area contributed by atoms with Crippen molar-refractivity contribution in [2.45, 2.75) is 19.4 Å². The third kappa shape index (κ3) is 4.53. The Balaban J connectivity index is 1.70. The Morgan fingerprint density at radius 3 is 2.19 bits per heavy atom. The maximum Gasteiger partial charge on any atom is 0.269 e. The second-order valence-electron chi connectivity index (χ2n) is 8.29. The second kappa shape index (κ2) is 9.25. The summed E-state index contributed by atoms with van der Waals surface area (Å²) in [5.41, 5.74) is 17.2. The Hall–Kier alpha value is -4.95. The number of hydrogen-bond donors (Lipinski definition) is 6. The summed E-state index contributed by atoms with van der Waals surface area (Å²) < 4.78 is 36.5. The largest absolute Gasteiger partial charge is 0.493 e. The van der Waals surface area contributed by atoms with Crippen molar-refractivity contribution in [2.75, 3.05) is 54.5 Å². The Bertz CT molecular complexity index is 1370. The summed E-state index contributed by atoms with van der Waals surface area (Å²) in [6, 6.07) is 3.20. The van der Waals surface area contributed by atoms with Crippen LogP contribution >= 0.6 is 0 Å². The van der Waals surface area contributed by atoms with Crippen LogP contribution in [0, 0.1) is 5.82 Å². The predicted molar refractivity (Wildman–Crippen MR) is 135 cm³/mol. The number of methoxy groups -OCH3 is 3. The average Bonchev–Trinajstić information content (AvgIpc) is 2.86. The first kappa shape index (κ1) is 25.2. The summed E-state index contributed by atoms with van der Waals surface area (Å²) >= 11 is 0. The van der Waals surface area contributed by atoms with Crippen LogP contribution in [0.1, 0.15) is 13.8 Å². The minimum absolute atomic E-state index is 0.00113. The number of nitrogens with zero attached hydrogens (tertiary/aromatic N) is 3. The normalized spacial score (nSPS) is 13.6.